The van der Waals surface area contributed by atoms with Crippen molar-refractivity contribution in [3.63, 3.8) is 0 Å². The lowest BCUT2D eigenvalue weighted by atomic mass is 10.0. The molecule has 1 aromatic carbocycles. The van der Waals surface area contributed by atoms with Gasteiger partial charge in [0.1, 0.15) is 0 Å². The van der Waals surface area contributed by atoms with Crippen LogP contribution >= 0.6 is 0 Å². The molecule has 4 heterocycles. The number of aromatic amines is 1. The van der Waals surface area contributed by atoms with Crippen LogP contribution in [0.25, 0.3) is 21.8 Å². The van der Waals surface area contributed by atoms with E-state index in [0.29, 0.717) is 0 Å². The van der Waals surface area contributed by atoms with Crippen LogP contribution in [-0.4, -0.2) is 47.1 Å². The van der Waals surface area contributed by atoms with Crippen LogP contribution in [0.1, 0.15) is 38.5 Å². The smallest absolute Gasteiger partial charge is 0.152 e. The second-order valence-corrected chi connectivity index (χ2v) is 7.90. The lowest BCUT2D eigenvalue weighted by Gasteiger charge is -2.38. The highest BCUT2D eigenvalue weighted by Crippen LogP contribution is 2.32. The largest absolute Gasteiger partial charge is 0.355 e. The number of benzene rings is 1. The molecule has 0 atom stereocenters. The van der Waals surface area contributed by atoms with Crippen molar-refractivity contribution < 1.29 is 0 Å². The molecule has 2 aromatic heterocycles. The number of piperidine rings is 1. The van der Waals surface area contributed by atoms with Gasteiger partial charge in [-0.25, -0.2) is 4.98 Å². The minimum absolute atomic E-state index is 0.770. The van der Waals surface area contributed by atoms with Gasteiger partial charge in [0.25, 0.3) is 0 Å². The highest BCUT2D eigenvalue weighted by molar-refractivity contribution is 6.10. The van der Waals surface area contributed by atoms with Gasteiger partial charge in [-0.1, -0.05) is 31.0 Å². The van der Waals surface area contributed by atoms with Gasteiger partial charge >= 0.3 is 0 Å². The summed E-state index contributed by atoms with van der Waals surface area (Å²) in [5, 5.41) is 2.59. The van der Waals surface area contributed by atoms with Gasteiger partial charge in [0.2, 0.25) is 0 Å². The first-order valence-corrected chi connectivity index (χ1v) is 10.2. The molecular weight excluding hydrogens is 320 g/mol. The number of rotatable bonds is 2. The topological polar surface area (TPSA) is 35.2 Å². The third-order valence-corrected chi connectivity index (χ3v) is 6.33. The van der Waals surface area contributed by atoms with E-state index >= 15 is 0 Å². The number of hydrogen-bond donors (Lipinski definition) is 1. The van der Waals surface area contributed by atoms with Crippen molar-refractivity contribution in [2.45, 2.75) is 44.6 Å². The average Bonchev–Trinajstić information content (AvgIpc) is 2.87. The summed E-state index contributed by atoms with van der Waals surface area (Å²) in [6.07, 6.45) is 10.1. The molecule has 0 spiro atoms. The number of nitrogens with one attached hydrogen (secondary N) is 1. The molecule has 2 fully saturated rings. The Labute approximate surface area is 155 Å². The Hall–Kier alpha value is -2.07. The summed E-state index contributed by atoms with van der Waals surface area (Å²) in [7, 11) is 0. The number of pyridine rings is 1. The maximum Gasteiger partial charge on any atom is 0.152 e. The summed E-state index contributed by atoms with van der Waals surface area (Å²) >= 11 is 0. The number of anilines is 1. The van der Waals surface area contributed by atoms with Crippen molar-refractivity contribution >= 4 is 27.6 Å². The Bertz CT molecular complexity index is 883. The molecule has 4 heteroatoms. The second kappa shape index (κ2) is 6.92. The van der Waals surface area contributed by atoms with E-state index in [2.05, 4.69) is 45.1 Å². The molecule has 0 radical (unpaired) electrons. The van der Waals surface area contributed by atoms with Crippen LogP contribution in [0.3, 0.4) is 0 Å². The average molecular weight is 348 g/mol. The molecule has 0 saturated carbocycles. The summed E-state index contributed by atoms with van der Waals surface area (Å²) in [4.78, 5) is 13.6. The minimum atomic E-state index is 0.770. The fraction of sp³-hybridized carbons (Fsp3) is 0.500. The zero-order valence-electron chi connectivity index (χ0n) is 15.5. The van der Waals surface area contributed by atoms with Crippen molar-refractivity contribution in [3.8, 4) is 0 Å². The van der Waals surface area contributed by atoms with Crippen molar-refractivity contribution in [1.82, 2.24) is 14.9 Å². The van der Waals surface area contributed by atoms with Crippen molar-refractivity contribution in [2.75, 3.05) is 31.1 Å². The predicted molar refractivity (Wildman–Crippen MR) is 109 cm³/mol. The first-order chi connectivity index (χ1) is 12.9. The van der Waals surface area contributed by atoms with Crippen LogP contribution in [0.4, 0.5) is 5.82 Å². The number of para-hydroxylation sites is 1. The molecule has 5 rings (SSSR count). The highest BCUT2D eigenvalue weighted by Gasteiger charge is 2.26. The van der Waals surface area contributed by atoms with E-state index in [1.54, 1.807) is 0 Å². The van der Waals surface area contributed by atoms with Gasteiger partial charge in [-0.2, -0.15) is 0 Å². The fourth-order valence-electron chi connectivity index (χ4n) is 4.90. The van der Waals surface area contributed by atoms with E-state index in [1.165, 1.54) is 73.4 Å². The first-order valence-electron chi connectivity index (χ1n) is 10.2. The van der Waals surface area contributed by atoms with Gasteiger partial charge in [0.05, 0.1) is 5.52 Å². The molecule has 2 aliphatic rings. The van der Waals surface area contributed by atoms with Gasteiger partial charge in [0, 0.05) is 41.6 Å². The highest BCUT2D eigenvalue weighted by atomic mass is 15.2. The Morgan fingerprint density at radius 2 is 1.62 bits per heavy atom. The van der Waals surface area contributed by atoms with Crippen LogP contribution < -0.4 is 4.90 Å². The summed E-state index contributed by atoms with van der Waals surface area (Å²) in [6.45, 7) is 4.84. The van der Waals surface area contributed by atoms with E-state index in [1.807, 2.05) is 6.20 Å². The van der Waals surface area contributed by atoms with E-state index in [9.17, 15) is 0 Å². The molecule has 4 nitrogen and oxygen atoms in total. The second-order valence-electron chi connectivity index (χ2n) is 7.90. The summed E-state index contributed by atoms with van der Waals surface area (Å²) in [5.41, 5.74) is 2.40. The third kappa shape index (κ3) is 2.86. The molecule has 0 bridgehead atoms. The maximum atomic E-state index is 4.76. The molecule has 3 aromatic rings. The standard InChI is InChI=1S/C22H28N4/c1-2-6-14-25(13-5-1)17-10-15-26(16-11-17)22-21-19(9-12-23-22)18-7-3-4-8-20(18)24-21/h3-4,7-9,12,17,24H,1-2,5-6,10-11,13-16H2. The van der Waals surface area contributed by atoms with Crippen molar-refractivity contribution in [1.29, 1.82) is 0 Å². The predicted octanol–water partition coefficient (Wildman–Crippen LogP) is 4.56. The SMILES string of the molecule is c1ccc2c(c1)[nH]c1c(N3CCC(N4CCCCCC4)CC3)nccc12. The Balaban J connectivity index is 1.38. The normalized spacial score (nSPS) is 20.7. The van der Waals surface area contributed by atoms with Gasteiger partial charge in [0.15, 0.2) is 5.82 Å². The van der Waals surface area contributed by atoms with E-state index in [4.69, 9.17) is 4.98 Å². The minimum Gasteiger partial charge on any atom is -0.355 e. The molecule has 26 heavy (non-hydrogen) atoms. The van der Waals surface area contributed by atoms with E-state index in [-0.39, 0.29) is 0 Å². The first kappa shape index (κ1) is 16.1. The van der Waals surface area contributed by atoms with Crippen LogP contribution in [0.2, 0.25) is 0 Å². The molecular formula is C22H28N4. The van der Waals surface area contributed by atoms with Crippen molar-refractivity contribution in [2.24, 2.45) is 0 Å². The number of likely N-dealkylation sites (tertiary alicyclic amines) is 1. The molecule has 2 saturated heterocycles. The van der Waals surface area contributed by atoms with Crippen LogP contribution in [0.5, 0.6) is 0 Å². The molecule has 136 valence electrons. The Kier molecular flexibility index (Phi) is 4.29. The third-order valence-electron chi connectivity index (χ3n) is 6.33. The number of nitrogens with zero attached hydrogens (tertiary/aromatic N) is 3. The lowest BCUT2D eigenvalue weighted by molar-refractivity contribution is 0.175. The molecule has 0 aliphatic carbocycles. The molecule has 1 N–H and O–H groups in total. The monoisotopic (exact) mass is 348 g/mol. The van der Waals surface area contributed by atoms with Crippen LogP contribution in [0.15, 0.2) is 36.5 Å². The van der Waals surface area contributed by atoms with E-state index in [0.717, 1.165) is 24.9 Å². The van der Waals surface area contributed by atoms with Crippen molar-refractivity contribution in [3.05, 3.63) is 36.5 Å². The molecule has 0 amide bonds. The van der Waals surface area contributed by atoms with Crippen LogP contribution in [0, 0.1) is 0 Å². The Morgan fingerprint density at radius 3 is 2.42 bits per heavy atom. The number of H-pyrrole nitrogens is 1. The zero-order valence-corrected chi connectivity index (χ0v) is 15.5. The number of hydrogen-bond acceptors (Lipinski definition) is 3. The quantitative estimate of drug-likeness (QED) is 0.737. The van der Waals surface area contributed by atoms with Gasteiger partial charge < -0.3 is 14.8 Å². The fourth-order valence-corrected chi connectivity index (χ4v) is 4.90. The summed E-state index contributed by atoms with van der Waals surface area (Å²) in [6, 6.07) is 11.5. The van der Waals surface area contributed by atoms with Gasteiger partial charge in [-0.05, 0) is 50.9 Å². The van der Waals surface area contributed by atoms with E-state index < -0.39 is 0 Å². The van der Waals surface area contributed by atoms with Gasteiger partial charge in [-0.3, -0.25) is 0 Å². The lowest BCUT2D eigenvalue weighted by Crippen LogP contribution is -2.45. The van der Waals surface area contributed by atoms with Gasteiger partial charge in [-0.15, -0.1) is 0 Å². The zero-order chi connectivity index (χ0) is 17.3. The summed E-state index contributed by atoms with van der Waals surface area (Å²) in [5.74, 6) is 1.13. The summed E-state index contributed by atoms with van der Waals surface area (Å²) < 4.78 is 0. The Morgan fingerprint density at radius 1 is 0.846 bits per heavy atom. The number of aromatic nitrogens is 2. The number of fused-ring (bicyclic) bond motifs is 3. The van der Waals surface area contributed by atoms with Crippen LogP contribution in [-0.2, 0) is 0 Å². The molecule has 0 unspecified atom stereocenters. The maximum absolute atomic E-state index is 4.76. The molecule has 2 aliphatic heterocycles.